The van der Waals surface area contributed by atoms with Crippen molar-refractivity contribution >= 4 is 27.7 Å². The number of halogens is 1. The van der Waals surface area contributed by atoms with Crippen LogP contribution in [0.4, 0.5) is 0 Å². The molecule has 0 saturated heterocycles. The molecule has 3 nitrogen and oxygen atoms in total. The van der Waals surface area contributed by atoms with Gasteiger partial charge in [-0.2, -0.15) is 0 Å². The van der Waals surface area contributed by atoms with E-state index in [9.17, 15) is 9.59 Å². The Bertz CT molecular complexity index is 749. The Labute approximate surface area is 210 Å². The summed E-state index contributed by atoms with van der Waals surface area (Å²) in [5.74, 6) is 4.13. The first kappa shape index (κ1) is 25.7. The lowest BCUT2D eigenvalue weighted by Crippen LogP contribution is -2.61. The average molecular weight is 524 g/mol. The number of carbonyl (C=O) groups is 2. The zero-order chi connectivity index (χ0) is 24.1. The van der Waals surface area contributed by atoms with Crippen molar-refractivity contribution in [2.45, 2.75) is 117 Å². The molecule has 4 fully saturated rings. The van der Waals surface area contributed by atoms with Crippen LogP contribution in [0.3, 0.4) is 0 Å². The Hall–Kier alpha value is -0.380. The zero-order valence-electron chi connectivity index (χ0n) is 21.9. The number of hydrogen-bond donors (Lipinski definition) is 0. The highest BCUT2D eigenvalue weighted by Crippen LogP contribution is 2.68. The van der Waals surface area contributed by atoms with Crippen LogP contribution >= 0.6 is 15.9 Å². The van der Waals surface area contributed by atoms with Gasteiger partial charge in [0.1, 0.15) is 11.9 Å². The van der Waals surface area contributed by atoms with E-state index in [0.717, 1.165) is 37.0 Å². The maximum Gasteiger partial charge on any atom is 0.302 e. The van der Waals surface area contributed by atoms with Crippen LogP contribution in [0, 0.1) is 52.3 Å². The second kappa shape index (κ2) is 9.58. The molecule has 0 heterocycles. The highest BCUT2D eigenvalue weighted by atomic mass is 79.9. The summed E-state index contributed by atoms with van der Waals surface area (Å²) in [4.78, 5) is 25.4. The Morgan fingerprint density at radius 1 is 1.00 bits per heavy atom. The molecule has 33 heavy (non-hydrogen) atoms. The summed E-state index contributed by atoms with van der Waals surface area (Å²) >= 11 is 3.90. The van der Waals surface area contributed by atoms with Crippen molar-refractivity contribution in [1.29, 1.82) is 0 Å². The summed E-state index contributed by atoms with van der Waals surface area (Å²) in [6.45, 7) is 13.7. The Kier molecular flexibility index (Phi) is 7.46. The van der Waals surface area contributed by atoms with Gasteiger partial charge in [-0.25, -0.2) is 0 Å². The lowest BCUT2D eigenvalue weighted by Gasteiger charge is -2.61. The molecule has 4 rings (SSSR count). The number of ether oxygens (including phenoxy) is 1. The van der Waals surface area contributed by atoms with Gasteiger partial charge in [0.2, 0.25) is 0 Å². The van der Waals surface area contributed by atoms with Crippen molar-refractivity contribution in [2.75, 3.05) is 0 Å². The zero-order valence-corrected chi connectivity index (χ0v) is 23.5. The van der Waals surface area contributed by atoms with Crippen molar-refractivity contribution in [1.82, 2.24) is 0 Å². The molecule has 0 N–H and O–H groups in total. The number of fused-ring (bicyclic) bond motifs is 5. The number of Topliss-reactive ketones (excluding diaryl/α,β-unsaturated/α-hetero) is 1. The molecule has 4 heteroatoms. The van der Waals surface area contributed by atoms with E-state index < -0.39 is 0 Å². The van der Waals surface area contributed by atoms with Crippen molar-refractivity contribution in [3.63, 3.8) is 0 Å². The third-order valence-electron chi connectivity index (χ3n) is 11.0. The van der Waals surface area contributed by atoms with Gasteiger partial charge in [0, 0.05) is 12.8 Å². The van der Waals surface area contributed by atoms with Crippen LogP contribution in [0.15, 0.2) is 0 Å². The molecule has 0 amide bonds. The van der Waals surface area contributed by atoms with E-state index in [4.69, 9.17) is 4.74 Å². The lowest BCUT2D eigenvalue weighted by molar-refractivity contribution is -0.166. The number of alkyl halides is 1. The van der Waals surface area contributed by atoms with Crippen LogP contribution in [0.5, 0.6) is 0 Å². The number of hydrogen-bond acceptors (Lipinski definition) is 3. The highest BCUT2D eigenvalue weighted by Gasteiger charge is 2.65. The summed E-state index contributed by atoms with van der Waals surface area (Å²) in [6, 6.07) is 0. The van der Waals surface area contributed by atoms with E-state index in [1.165, 1.54) is 51.9 Å². The summed E-state index contributed by atoms with van der Waals surface area (Å²) in [7, 11) is 0. The van der Waals surface area contributed by atoms with Crippen LogP contribution in [0.1, 0.15) is 106 Å². The highest BCUT2D eigenvalue weighted by molar-refractivity contribution is 9.10. The topological polar surface area (TPSA) is 43.4 Å². The summed E-state index contributed by atoms with van der Waals surface area (Å²) in [5, 5.41) is 0. The Morgan fingerprint density at radius 3 is 2.33 bits per heavy atom. The molecule has 0 aliphatic heterocycles. The fourth-order valence-electron chi connectivity index (χ4n) is 9.27. The fourth-order valence-corrected chi connectivity index (χ4v) is 10.4. The standard InChI is InChI=1S/C29H47BrO3/c1-17(2)8-7-9-18(3)21-10-11-22-25-23(13-15-28(21,22)5)29(6)14-12-20(33-19(4)31)16-24(29)26(30)27(25)32/h17-18,20-26H,7-16H2,1-6H3/t18-,20-,21+,22-,23-,24-,25+,26-,28+,29-/m1/s1. The minimum Gasteiger partial charge on any atom is -0.463 e. The van der Waals surface area contributed by atoms with Crippen molar-refractivity contribution in [3.05, 3.63) is 0 Å². The lowest BCUT2D eigenvalue weighted by atomic mass is 9.44. The first-order chi connectivity index (χ1) is 15.5. The number of ketones is 1. The molecule has 0 aromatic rings. The predicted molar refractivity (Wildman–Crippen MR) is 137 cm³/mol. The third-order valence-corrected chi connectivity index (χ3v) is 12.1. The number of carbonyl (C=O) groups excluding carboxylic acids is 2. The molecular weight excluding hydrogens is 476 g/mol. The monoisotopic (exact) mass is 522 g/mol. The maximum atomic E-state index is 13.9. The van der Waals surface area contributed by atoms with E-state index in [1.807, 2.05) is 0 Å². The molecular formula is C29H47BrO3. The van der Waals surface area contributed by atoms with Gasteiger partial charge < -0.3 is 4.74 Å². The minimum atomic E-state index is -0.192. The predicted octanol–water partition coefficient (Wildman–Crippen LogP) is 7.59. The molecule has 188 valence electrons. The van der Waals surface area contributed by atoms with Crippen LogP contribution in [0.2, 0.25) is 0 Å². The van der Waals surface area contributed by atoms with Gasteiger partial charge in [-0.05, 0) is 91.3 Å². The van der Waals surface area contributed by atoms with Crippen molar-refractivity contribution < 1.29 is 14.3 Å². The fraction of sp³-hybridized carbons (Fsp3) is 0.931. The SMILES string of the molecule is CC(=O)O[C@@H]1CC[C@]2(C)[C@@H]3CC[C@]4(C)[C@H](CC[C@H]4[C@H](C)CCCC(C)C)[C@@H]3C(=O)[C@H](Br)[C@H]2C1. The van der Waals surface area contributed by atoms with Gasteiger partial charge in [-0.3, -0.25) is 9.59 Å². The molecule has 0 spiro atoms. The maximum absolute atomic E-state index is 13.9. The van der Waals surface area contributed by atoms with Crippen LogP contribution in [-0.4, -0.2) is 22.7 Å². The van der Waals surface area contributed by atoms with E-state index in [-0.39, 0.29) is 34.2 Å². The summed E-state index contributed by atoms with van der Waals surface area (Å²) < 4.78 is 5.61. The molecule has 4 saturated carbocycles. The first-order valence-electron chi connectivity index (χ1n) is 13.8. The molecule has 0 bridgehead atoms. The van der Waals surface area contributed by atoms with Crippen LogP contribution < -0.4 is 0 Å². The molecule has 4 aliphatic carbocycles. The smallest absolute Gasteiger partial charge is 0.302 e. The van der Waals surface area contributed by atoms with E-state index in [0.29, 0.717) is 23.0 Å². The van der Waals surface area contributed by atoms with Gasteiger partial charge in [0.25, 0.3) is 0 Å². The minimum absolute atomic E-state index is 0.0265. The summed E-state index contributed by atoms with van der Waals surface area (Å²) in [5.41, 5.74) is 0.491. The summed E-state index contributed by atoms with van der Waals surface area (Å²) in [6.07, 6.45) is 11.9. The number of esters is 1. The number of rotatable bonds is 6. The molecule has 0 aromatic carbocycles. The van der Waals surface area contributed by atoms with Crippen molar-refractivity contribution in [3.8, 4) is 0 Å². The van der Waals surface area contributed by atoms with E-state index >= 15 is 0 Å². The average Bonchev–Trinajstić information content (AvgIpc) is 3.09. The molecule has 0 unspecified atom stereocenters. The van der Waals surface area contributed by atoms with Gasteiger partial charge >= 0.3 is 5.97 Å². The van der Waals surface area contributed by atoms with Gasteiger partial charge in [-0.15, -0.1) is 0 Å². The first-order valence-corrected chi connectivity index (χ1v) is 14.8. The Morgan fingerprint density at radius 2 is 1.67 bits per heavy atom. The second-order valence-corrected chi connectivity index (χ2v) is 14.2. The van der Waals surface area contributed by atoms with E-state index in [2.05, 4.69) is 50.5 Å². The molecule has 4 aliphatic rings. The van der Waals surface area contributed by atoms with Crippen LogP contribution in [0.25, 0.3) is 0 Å². The molecule has 0 radical (unpaired) electrons. The second-order valence-electron chi connectivity index (χ2n) is 13.2. The quantitative estimate of drug-likeness (QED) is 0.266. The largest absolute Gasteiger partial charge is 0.463 e. The van der Waals surface area contributed by atoms with Gasteiger partial charge in [0.15, 0.2) is 0 Å². The third kappa shape index (κ3) is 4.49. The Balaban J connectivity index is 1.53. The normalized spacial score (nSPS) is 45.8. The van der Waals surface area contributed by atoms with Gasteiger partial charge in [0.05, 0.1) is 4.83 Å². The van der Waals surface area contributed by atoms with Crippen molar-refractivity contribution in [2.24, 2.45) is 52.3 Å². The van der Waals surface area contributed by atoms with Crippen LogP contribution in [-0.2, 0) is 14.3 Å². The van der Waals surface area contributed by atoms with Gasteiger partial charge in [-0.1, -0.05) is 69.8 Å². The molecule has 0 aromatic heterocycles. The van der Waals surface area contributed by atoms with E-state index in [1.54, 1.807) is 0 Å². The molecule has 10 atom stereocenters.